The average molecular weight is 529 g/mol. The van der Waals surface area contributed by atoms with E-state index >= 15 is 0 Å². The molecule has 4 bridgehead atoms. The summed E-state index contributed by atoms with van der Waals surface area (Å²) in [6, 6.07) is -0.777. The third-order valence-corrected chi connectivity index (χ3v) is 6.22. The number of nitrogens with zero attached hydrogens (tertiary/aromatic N) is 4. The maximum Gasteiger partial charge on any atom is 0.426 e. The molecular weight excluding hydrogens is 510 g/mol. The van der Waals surface area contributed by atoms with Crippen LogP contribution in [0.1, 0.15) is 60.5 Å². The molecule has 2 aromatic heterocycles. The molecule has 0 aromatic carbocycles. The van der Waals surface area contributed by atoms with Crippen molar-refractivity contribution in [2.75, 3.05) is 12.3 Å². The van der Waals surface area contributed by atoms with Crippen LogP contribution in [0.3, 0.4) is 0 Å². The van der Waals surface area contributed by atoms with Gasteiger partial charge in [-0.05, 0) is 25.3 Å². The van der Waals surface area contributed by atoms with Gasteiger partial charge in [0, 0.05) is 25.4 Å². The summed E-state index contributed by atoms with van der Waals surface area (Å²) in [5, 5.41) is 16.9. The molecule has 4 rings (SSSR count). The zero-order chi connectivity index (χ0) is 26.7. The van der Waals surface area contributed by atoms with Crippen LogP contribution in [-0.2, 0) is 11.8 Å². The van der Waals surface area contributed by atoms with Gasteiger partial charge in [0.15, 0.2) is 5.69 Å². The summed E-state index contributed by atoms with van der Waals surface area (Å²) in [6.07, 6.45) is -13.2. The van der Waals surface area contributed by atoms with Gasteiger partial charge in [-0.2, -0.15) is 26.3 Å². The predicted octanol–water partition coefficient (Wildman–Crippen LogP) is 4.30. The molecule has 36 heavy (non-hydrogen) atoms. The van der Waals surface area contributed by atoms with E-state index in [0.29, 0.717) is 6.07 Å². The highest BCUT2D eigenvalue weighted by molar-refractivity contribution is 5.95. The van der Waals surface area contributed by atoms with Gasteiger partial charge in [-0.15, -0.1) is 10.2 Å². The second-order valence-corrected chi connectivity index (χ2v) is 8.82. The Labute approximate surface area is 197 Å². The summed E-state index contributed by atoms with van der Waals surface area (Å²) < 4.78 is 114. The summed E-state index contributed by atoms with van der Waals surface area (Å²) in [4.78, 5) is 17.6. The Balaban J connectivity index is 1.87. The van der Waals surface area contributed by atoms with Crippen molar-refractivity contribution >= 4 is 11.6 Å². The van der Waals surface area contributed by atoms with Crippen molar-refractivity contribution in [1.82, 2.24) is 20.1 Å². The van der Waals surface area contributed by atoms with E-state index in [1.165, 1.54) is 0 Å². The minimum absolute atomic E-state index is 0.0289. The lowest BCUT2D eigenvalue weighted by Gasteiger charge is -2.42. The van der Waals surface area contributed by atoms with Crippen LogP contribution in [0.4, 0.5) is 40.8 Å². The Morgan fingerprint density at radius 2 is 1.72 bits per heavy atom. The summed E-state index contributed by atoms with van der Waals surface area (Å²) in [5.74, 6) is -6.55. The zero-order valence-corrected chi connectivity index (χ0v) is 18.3. The van der Waals surface area contributed by atoms with E-state index in [4.69, 9.17) is 10.2 Å². The molecule has 1 amide bonds. The van der Waals surface area contributed by atoms with Crippen LogP contribution in [0.2, 0.25) is 0 Å². The van der Waals surface area contributed by atoms with Crippen molar-refractivity contribution in [3.05, 3.63) is 23.2 Å². The van der Waals surface area contributed by atoms with Crippen molar-refractivity contribution in [2.45, 2.75) is 68.4 Å². The van der Waals surface area contributed by atoms with Crippen LogP contribution in [0.5, 0.6) is 0 Å². The third-order valence-electron chi connectivity index (χ3n) is 6.22. The number of pyridine rings is 1. The Morgan fingerprint density at radius 1 is 1.06 bits per heavy atom. The molecule has 0 saturated heterocycles. The van der Waals surface area contributed by atoms with Crippen LogP contribution in [0.15, 0.2) is 10.5 Å². The summed E-state index contributed by atoms with van der Waals surface area (Å²) in [6.45, 7) is -0.318. The summed E-state index contributed by atoms with van der Waals surface area (Å²) in [7, 11) is 0. The monoisotopic (exact) mass is 529 g/mol. The van der Waals surface area contributed by atoms with Crippen LogP contribution in [-0.4, -0.2) is 55.8 Å². The fourth-order valence-electron chi connectivity index (χ4n) is 4.21. The average Bonchev–Trinajstić information content (AvgIpc) is 3.22. The highest BCUT2D eigenvalue weighted by Crippen LogP contribution is 2.45. The molecule has 1 aliphatic carbocycles. The highest BCUT2D eigenvalue weighted by Gasteiger charge is 2.58. The largest absolute Gasteiger partial charge is 0.426 e. The topological polar surface area (TPSA) is 118 Å². The second-order valence-electron chi connectivity index (χ2n) is 8.82. The Hall–Kier alpha value is -3.04. The number of carbonyl (C=O) groups excluding carboxylic acids is 1. The van der Waals surface area contributed by atoms with Gasteiger partial charge in [-0.3, -0.25) is 4.79 Å². The number of fused-ring (bicyclic) bond motifs is 5. The normalized spacial score (nSPS) is 23.8. The second kappa shape index (κ2) is 8.52. The quantitative estimate of drug-likeness (QED) is 0.529. The molecule has 198 valence electrons. The van der Waals surface area contributed by atoms with Gasteiger partial charge >= 0.3 is 12.4 Å². The van der Waals surface area contributed by atoms with Gasteiger partial charge in [0.1, 0.15) is 5.69 Å². The zero-order valence-electron chi connectivity index (χ0n) is 18.3. The van der Waals surface area contributed by atoms with E-state index in [9.17, 15) is 45.0 Å². The Morgan fingerprint density at radius 3 is 2.31 bits per heavy atom. The Kier molecular flexibility index (Phi) is 6.16. The first-order valence-electron chi connectivity index (χ1n) is 10.7. The number of carbonyl (C=O) groups is 1. The molecule has 2 aliphatic rings. The molecule has 0 unspecified atom stereocenters. The fourth-order valence-corrected chi connectivity index (χ4v) is 4.21. The first-order valence-corrected chi connectivity index (χ1v) is 10.7. The van der Waals surface area contributed by atoms with Gasteiger partial charge in [0.05, 0.1) is 11.3 Å². The van der Waals surface area contributed by atoms with Crippen molar-refractivity contribution in [2.24, 2.45) is 0 Å². The smallest absolute Gasteiger partial charge is 0.416 e. The first kappa shape index (κ1) is 26.0. The number of nitrogens with two attached hydrogens (primary N) is 1. The van der Waals surface area contributed by atoms with E-state index in [1.54, 1.807) is 0 Å². The molecule has 1 aliphatic heterocycles. The molecule has 0 spiro atoms. The van der Waals surface area contributed by atoms with Crippen LogP contribution in [0.25, 0.3) is 11.6 Å². The summed E-state index contributed by atoms with van der Waals surface area (Å²) >= 11 is 0. The molecule has 2 aromatic rings. The molecule has 3 N–H and O–H groups in total. The van der Waals surface area contributed by atoms with Crippen LogP contribution >= 0.6 is 0 Å². The maximum atomic E-state index is 13.8. The van der Waals surface area contributed by atoms with Gasteiger partial charge in [0.25, 0.3) is 23.6 Å². The molecule has 0 radical (unpaired) electrons. The van der Waals surface area contributed by atoms with Crippen molar-refractivity contribution in [1.29, 1.82) is 0 Å². The SMILES string of the molecule is Nc1cc(C(F)(F)F)c2nc1-c1nnc(o1)[C@@](O)(C(F)(F)F)CCCCCN(C1CC(F)(F)C1)C2=O. The lowest BCUT2D eigenvalue weighted by Crippen LogP contribution is -2.53. The standard InChI is InChI=1S/C20H19F8N5O3/c21-17(22)7-9(8-17)33-5-3-1-2-4-18(35,20(26,27)28)16-32-31-14(36-16)13-11(29)6-10(19(23,24)25)12(30-13)15(33)34/h6,9,35H,1-5,7-8,29H2/t18-/m1/s1. The minimum atomic E-state index is -5.25. The molecule has 1 atom stereocenters. The lowest BCUT2D eigenvalue weighted by molar-refractivity contribution is -0.277. The first-order chi connectivity index (χ1) is 16.5. The Bertz CT molecular complexity index is 1160. The molecule has 1 fully saturated rings. The van der Waals surface area contributed by atoms with E-state index in [-0.39, 0.29) is 25.8 Å². The van der Waals surface area contributed by atoms with E-state index in [2.05, 4.69) is 15.2 Å². The van der Waals surface area contributed by atoms with Crippen LogP contribution in [0, 0.1) is 0 Å². The molecule has 1 saturated carbocycles. The lowest BCUT2D eigenvalue weighted by atomic mass is 9.86. The molecular formula is C20H19F8N5O3. The van der Waals surface area contributed by atoms with Crippen molar-refractivity contribution in [3.63, 3.8) is 0 Å². The number of halogens is 8. The predicted molar refractivity (Wildman–Crippen MR) is 104 cm³/mol. The molecule has 3 heterocycles. The molecule has 16 heteroatoms. The maximum absolute atomic E-state index is 13.8. The van der Waals surface area contributed by atoms with E-state index in [0.717, 1.165) is 4.90 Å². The number of aromatic nitrogens is 3. The van der Waals surface area contributed by atoms with E-state index in [1.807, 2.05) is 0 Å². The number of rotatable bonds is 1. The third kappa shape index (κ3) is 4.57. The molecule has 8 nitrogen and oxygen atoms in total. The number of amides is 1. The summed E-state index contributed by atoms with van der Waals surface area (Å²) in [5.41, 5.74) is -2.19. The highest BCUT2D eigenvalue weighted by atomic mass is 19.4. The number of anilines is 1. The van der Waals surface area contributed by atoms with Crippen LogP contribution < -0.4 is 5.73 Å². The van der Waals surface area contributed by atoms with Gasteiger partial charge in [-0.25, -0.2) is 13.8 Å². The van der Waals surface area contributed by atoms with E-state index < -0.39 is 89.5 Å². The number of nitrogen functional groups attached to an aromatic ring is 1. The fraction of sp³-hybridized carbons (Fsp3) is 0.600. The van der Waals surface area contributed by atoms with Gasteiger partial charge < -0.3 is 20.2 Å². The van der Waals surface area contributed by atoms with Gasteiger partial charge in [-0.1, -0.05) is 6.42 Å². The minimum Gasteiger partial charge on any atom is -0.416 e. The number of alkyl halides is 8. The van der Waals surface area contributed by atoms with Crippen molar-refractivity contribution in [3.8, 4) is 11.6 Å². The number of hydrogen-bond acceptors (Lipinski definition) is 7. The van der Waals surface area contributed by atoms with Crippen molar-refractivity contribution < 1.29 is 49.4 Å². The van der Waals surface area contributed by atoms with Gasteiger partial charge in [0.2, 0.25) is 5.60 Å². The number of aliphatic hydroxyl groups is 1. The number of hydrogen-bond donors (Lipinski definition) is 2.